The summed E-state index contributed by atoms with van der Waals surface area (Å²) >= 11 is 1.53. The second-order valence-corrected chi connectivity index (χ2v) is 7.21. The number of benzene rings is 1. The zero-order chi connectivity index (χ0) is 17.0. The van der Waals surface area contributed by atoms with E-state index in [1.54, 1.807) is 27.0 Å². The smallest absolute Gasteiger partial charge is 0.254 e. The molecule has 2 aromatic rings. The third-order valence-corrected chi connectivity index (χ3v) is 4.23. The fourth-order valence-electron chi connectivity index (χ4n) is 2.26. The number of carbonyl (C=O) groups is 1. The third kappa shape index (κ3) is 5.11. The third-order valence-electron chi connectivity index (χ3n) is 3.13. The maximum Gasteiger partial charge on any atom is 0.254 e. The highest BCUT2D eigenvalue weighted by Crippen LogP contribution is 2.27. The fraction of sp³-hybridized carbons (Fsp3) is 0.412. The van der Waals surface area contributed by atoms with Crippen LogP contribution in [0.5, 0.6) is 0 Å². The topological polar surface area (TPSA) is 66.6 Å². The normalized spacial score (nSPS) is 11.5. The van der Waals surface area contributed by atoms with Gasteiger partial charge in [0.05, 0.1) is 22.6 Å². The van der Waals surface area contributed by atoms with E-state index in [0.29, 0.717) is 11.3 Å². The first kappa shape index (κ1) is 17.6. The molecule has 0 aliphatic carbocycles. The van der Waals surface area contributed by atoms with Gasteiger partial charge < -0.3 is 14.5 Å². The van der Waals surface area contributed by atoms with Gasteiger partial charge >= 0.3 is 0 Å². The Bertz CT molecular complexity index is 676. The van der Waals surface area contributed by atoms with Crippen LogP contribution in [0.25, 0.3) is 0 Å². The second kappa shape index (κ2) is 7.19. The lowest BCUT2D eigenvalue weighted by atomic mass is 10.1. The lowest BCUT2D eigenvalue weighted by Crippen LogP contribution is -2.39. The number of thioether (sulfide) groups is 1. The largest absolute Gasteiger partial charge is 0.389 e. The molecule has 6 heteroatoms. The minimum absolute atomic E-state index is 0.107. The van der Waals surface area contributed by atoms with Crippen molar-refractivity contribution in [2.24, 2.45) is 0 Å². The standard InChI is InChI=1S/C17H22N2O3S/c1-12-9-13(22-18-12)10-23-15-8-6-5-7-14(15)16(20)19(4)11-17(2,3)21/h5-9,21H,10-11H2,1-4H3. The van der Waals surface area contributed by atoms with Crippen molar-refractivity contribution >= 4 is 17.7 Å². The minimum atomic E-state index is -0.927. The highest BCUT2D eigenvalue weighted by atomic mass is 32.2. The Morgan fingerprint density at radius 2 is 2.09 bits per heavy atom. The van der Waals surface area contributed by atoms with E-state index in [4.69, 9.17) is 4.52 Å². The summed E-state index contributed by atoms with van der Waals surface area (Å²) in [5, 5.41) is 13.8. The van der Waals surface area contributed by atoms with Crippen molar-refractivity contribution in [3.8, 4) is 0 Å². The number of aromatic nitrogens is 1. The number of carbonyl (C=O) groups excluding carboxylic acids is 1. The van der Waals surface area contributed by atoms with Gasteiger partial charge in [0, 0.05) is 24.6 Å². The highest BCUT2D eigenvalue weighted by molar-refractivity contribution is 7.98. The molecular weight excluding hydrogens is 312 g/mol. The lowest BCUT2D eigenvalue weighted by molar-refractivity contribution is 0.0366. The molecule has 1 amide bonds. The molecule has 1 N–H and O–H groups in total. The average Bonchev–Trinajstić information content (AvgIpc) is 2.88. The zero-order valence-corrected chi connectivity index (χ0v) is 14.7. The van der Waals surface area contributed by atoms with Gasteiger partial charge in [0.1, 0.15) is 5.76 Å². The number of aliphatic hydroxyl groups is 1. The molecule has 0 radical (unpaired) electrons. The summed E-state index contributed by atoms with van der Waals surface area (Å²) in [6.45, 7) is 5.51. The van der Waals surface area contributed by atoms with Gasteiger partial charge in [-0.2, -0.15) is 0 Å². The van der Waals surface area contributed by atoms with Gasteiger partial charge in [-0.05, 0) is 32.9 Å². The molecule has 1 heterocycles. The molecule has 0 saturated heterocycles. The van der Waals surface area contributed by atoms with Gasteiger partial charge in [-0.15, -0.1) is 11.8 Å². The van der Waals surface area contributed by atoms with Gasteiger partial charge in [0.15, 0.2) is 0 Å². The number of rotatable bonds is 6. The molecule has 124 valence electrons. The van der Waals surface area contributed by atoms with Crippen molar-refractivity contribution in [1.82, 2.24) is 10.1 Å². The molecule has 0 fully saturated rings. The van der Waals surface area contributed by atoms with Crippen LogP contribution in [0.3, 0.4) is 0 Å². The second-order valence-electron chi connectivity index (χ2n) is 6.19. The Morgan fingerprint density at radius 1 is 1.39 bits per heavy atom. The van der Waals surface area contributed by atoms with Gasteiger partial charge in [0.25, 0.3) is 5.91 Å². The molecule has 5 nitrogen and oxygen atoms in total. The molecule has 0 unspecified atom stereocenters. The Kier molecular flexibility index (Phi) is 5.49. The van der Waals surface area contributed by atoms with E-state index in [1.165, 1.54) is 16.7 Å². The van der Waals surface area contributed by atoms with E-state index >= 15 is 0 Å². The first-order valence-electron chi connectivity index (χ1n) is 7.38. The minimum Gasteiger partial charge on any atom is -0.389 e. The van der Waals surface area contributed by atoms with Crippen LogP contribution in [0.1, 0.15) is 35.7 Å². The van der Waals surface area contributed by atoms with Crippen molar-refractivity contribution < 1.29 is 14.4 Å². The Labute approximate surface area is 140 Å². The number of aryl methyl sites for hydroxylation is 1. The summed E-state index contributed by atoms with van der Waals surface area (Å²) in [6, 6.07) is 9.35. The van der Waals surface area contributed by atoms with E-state index in [2.05, 4.69) is 5.16 Å². The SMILES string of the molecule is Cc1cc(CSc2ccccc2C(=O)N(C)CC(C)(C)O)on1. The molecule has 0 aliphatic rings. The van der Waals surface area contributed by atoms with Gasteiger partial charge in [0.2, 0.25) is 0 Å². The maximum absolute atomic E-state index is 12.6. The molecule has 0 saturated carbocycles. The van der Waals surface area contributed by atoms with Crippen molar-refractivity contribution in [2.45, 2.75) is 37.0 Å². The lowest BCUT2D eigenvalue weighted by Gasteiger charge is -2.26. The van der Waals surface area contributed by atoms with Crippen LogP contribution in [0.15, 0.2) is 39.8 Å². The molecule has 0 spiro atoms. The van der Waals surface area contributed by atoms with Crippen LogP contribution in [-0.2, 0) is 5.75 Å². The average molecular weight is 334 g/mol. The first-order chi connectivity index (χ1) is 10.8. The van der Waals surface area contributed by atoms with Gasteiger partial charge in [-0.3, -0.25) is 4.79 Å². The van der Waals surface area contributed by atoms with Gasteiger partial charge in [-0.1, -0.05) is 17.3 Å². The van der Waals surface area contributed by atoms with Crippen LogP contribution in [0.4, 0.5) is 0 Å². The van der Waals surface area contributed by atoms with E-state index in [0.717, 1.165) is 16.3 Å². The van der Waals surface area contributed by atoms with Crippen LogP contribution < -0.4 is 0 Å². The van der Waals surface area contributed by atoms with Crippen molar-refractivity contribution in [1.29, 1.82) is 0 Å². The molecule has 0 atom stereocenters. The molecule has 0 bridgehead atoms. The summed E-state index contributed by atoms with van der Waals surface area (Å²) in [5.74, 6) is 1.28. The molecular formula is C17H22N2O3S. The van der Waals surface area contributed by atoms with Crippen LogP contribution in [0.2, 0.25) is 0 Å². The monoisotopic (exact) mass is 334 g/mol. The predicted molar refractivity (Wildman–Crippen MR) is 90.5 cm³/mol. The molecule has 0 aliphatic heterocycles. The van der Waals surface area contributed by atoms with Crippen LogP contribution in [0, 0.1) is 6.92 Å². The number of amides is 1. The fourth-order valence-corrected chi connectivity index (χ4v) is 3.18. The van der Waals surface area contributed by atoms with E-state index in [1.807, 2.05) is 31.2 Å². The quantitative estimate of drug-likeness (QED) is 0.822. The summed E-state index contributed by atoms with van der Waals surface area (Å²) < 4.78 is 5.20. The Balaban J connectivity index is 2.11. The van der Waals surface area contributed by atoms with E-state index < -0.39 is 5.60 Å². The van der Waals surface area contributed by atoms with Crippen molar-refractivity contribution in [2.75, 3.05) is 13.6 Å². The molecule has 23 heavy (non-hydrogen) atoms. The van der Waals surface area contributed by atoms with Gasteiger partial charge in [-0.25, -0.2) is 0 Å². The van der Waals surface area contributed by atoms with Crippen molar-refractivity contribution in [3.63, 3.8) is 0 Å². The van der Waals surface area contributed by atoms with E-state index in [9.17, 15) is 9.90 Å². The zero-order valence-electron chi connectivity index (χ0n) is 13.9. The first-order valence-corrected chi connectivity index (χ1v) is 8.37. The molecule has 2 rings (SSSR count). The van der Waals surface area contributed by atoms with E-state index in [-0.39, 0.29) is 12.5 Å². The molecule has 1 aromatic carbocycles. The summed E-state index contributed by atoms with van der Waals surface area (Å²) in [5.41, 5.74) is 0.541. The number of likely N-dealkylation sites (N-methyl/N-ethyl adjacent to an activating group) is 1. The summed E-state index contributed by atoms with van der Waals surface area (Å²) in [4.78, 5) is 15.0. The predicted octanol–water partition coefficient (Wildman–Crippen LogP) is 3.12. The van der Waals surface area contributed by atoms with Crippen LogP contribution in [-0.4, -0.2) is 40.3 Å². The number of hydrogen-bond donors (Lipinski definition) is 1. The number of nitrogens with zero attached hydrogens (tertiary/aromatic N) is 2. The Hall–Kier alpha value is -1.79. The Morgan fingerprint density at radius 3 is 2.70 bits per heavy atom. The van der Waals surface area contributed by atoms with Crippen molar-refractivity contribution in [3.05, 3.63) is 47.3 Å². The maximum atomic E-state index is 12.6. The highest BCUT2D eigenvalue weighted by Gasteiger charge is 2.22. The summed E-state index contributed by atoms with van der Waals surface area (Å²) in [7, 11) is 1.70. The summed E-state index contributed by atoms with van der Waals surface area (Å²) in [6.07, 6.45) is 0. The molecule has 1 aromatic heterocycles. The van der Waals surface area contributed by atoms with Crippen LogP contribution >= 0.6 is 11.8 Å². The number of hydrogen-bond acceptors (Lipinski definition) is 5.